The zero-order valence-corrected chi connectivity index (χ0v) is 10.8. The highest BCUT2D eigenvalue weighted by Crippen LogP contribution is 2.38. The van der Waals surface area contributed by atoms with Gasteiger partial charge in [0, 0.05) is 0 Å². The average Bonchev–Trinajstić information content (AvgIpc) is 2.37. The SMILES string of the molecule is CCCC1CCC(c2cc(F)c(O)c(F)c2)CC1. The Hall–Kier alpha value is -1.12. The summed E-state index contributed by atoms with van der Waals surface area (Å²) in [7, 11) is 0. The minimum absolute atomic E-state index is 0.239. The molecule has 1 aliphatic carbocycles. The quantitative estimate of drug-likeness (QED) is 0.825. The summed E-state index contributed by atoms with van der Waals surface area (Å²) in [5, 5.41) is 9.09. The molecular weight excluding hydrogens is 234 g/mol. The summed E-state index contributed by atoms with van der Waals surface area (Å²) >= 11 is 0. The van der Waals surface area contributed by atoms with Gasteiger partial charge in [0.25, 0.3) is 0 Å². The van der Waals surface area contributed by atoms with Gasteiger partial charge in [-0.05, 0) is 55.2 Å². The Labute approximate surface area is 107 Å². The van der Waals surface area contributed by atoms with E-state index in [1.807, 2.05) is 0 Å². The molecular formula is C15H20F2O. The summed E-state index contributed by atoms with van der Waals surface area (Å²) in [6, 6.07) is 2.56. The van der Waals surface area contributed by atoms with Crippen molar-refractivity contribution in [1.29, 1.82) is 0 Å². The minimum Gasteiger partial charge on any atom is -0.503 e. The van der Waals surface area contributed by atoms with E-state index in [0.717, 1.165) is 31.6 Å². The molecule has 1 N–H and O–H groups in total. The molecule has 0 amide bonds. The Morgan fingerprint density at radius 1 is 1.11 bits per heavy atom. The first-order chi connectivity index (χ1) is 8.61. The molecule has 0 radical (unpaired) electrons. The first kappa shape index (κ1) is 13.3. The third kappa shape index (κ3) is 2.82. The van der Waals surface area contributed by atoms with Crippen LogP contribution in [0.3, 0.4) is 0 Å². The van der Waals surface area contributed by atoms with Crippen molar-refractivity contribution in [2.75, 3.05) is 0 Å². The van der Waals surface area contributed by atoms with Crippen LogP contribution in [0.2, 0.25) is 0 Å². The zero-order valence-electron chi connectivity index (χ0n) is 10.8. The van der Waals surface area contributed by atoms with E-state index in [0.29, 0.717) is 5.56 Å². The van der Waals surface area contributed by atoms with Gasteiger partial charge in [0.05, 0.1) is 0 Å². The van der Waals surface area contributed by atoms with Crippen molar-refractivity contribution in [3.63, 3.8) is 0 Å². The molecule has 1 nitrogen and oxygen atoms in total. The minimum atomic E-state index is -0.863. The van der Waals surface area contributed by atoms with Gasteiger partial charge in [-0.15, -0.1) is 0 Å². The predicted molar refractivity (Wildman–Crippen MR) is 67.6 cm³/mol. The van der Waals surface area contributed by atoms with Gasteiger partial charge in [-0.2, -0.15) is 0 Å². The van der Waals surface area contributed by atoms with Gasteiger partial charge in [0.15, 0.2) is 17.4 Å². The summed E-state index contributed by atoms with van der Waals surface area (Å²) in [5.74, 6) is -1.54. The summed E-state index contributed by atoms with van der Waals surface area (Å²) in [4.78, 5) is 0. The molecule has 1 saturated carbocycles. The Morgan fingerprint density at radius 3 is 2.17 bits per heavy atom. The van der Waals surface area contributed by atoms with Crippen LogP contribution in [0.25, 0.3) is 0 Å². The van der Waals surface area contributed by atoms with Crippen LogP contribution in [-0.2, 0) is 0 Å². The molecule has 18 heavy (non-hydrogen) atoms. The Kier molecular flexibility index (Phi) is 4.20. The first-order valence-electron chi connectivity index (χ1n) is 6.79. The van der Waals surface area contributed by atoms with E-state index in [2.05, 4.69) is 6.92 Å². The number of phenolic OH excluding ortho intramolecular Hbond substituents is 1. The largest absolute Gasteiger partial charge is 0.503 e. The van der Waals surface area contributed by atoms with Gasteiger partial charge in [-0.25, -0.2) is 8.78 Å². The second-order valence-electron chi connectivity index (χ2n) is 5.34. The van der Waals surface area contributed by atoms with Gasteiger partial charge in [0.1, 0.15) is 0 Å². The number of hydrogen-bond acceptors (Lipinski definition) is 1. The number of benzene rings is 1. The summed E-state index contributed by atoms with van der Waals surface area (Å²) in [6.45, 7) is 2.19. The van der Waals surface area contributed by atoms with E-state index in [4.69, 9.17) is 5.11 Å². The van der Waals surface area contributed by atoms with E-state index in [1.165, 1.54) is 25.0 Å². The van der Waals surface area contributed by atoms with Crippen molar-refractivity contribution < 1.29 is 13.9 Å². The summed E-state index contributed by atoms with van der Waals surface area (Å²) < 4.78 is 26.6. The third-order valence-electron chi connectivity index (χ3n) is 4.05. The van der Waals surface area contributed by atoms with Crippen LogP contribution in [0, 0.1) is 17.6 Å². The highest BCUT2D eigenvalue weighted by atomic mass is 19.1. The topological polar surface area (TPSA) is 20.2 Å². The van der Waals surface area contributed by atoms with Crippen LogP contribution >= 0.6 is 0 Å². The molecule has 0 aromatic heterocycles. The van der Waals surface area contributed by atoms with Gasteiger partial charge < -0.3 is 5.11 Å². The first-order valence-corrected chi connectivity index (χ1v) is 6.79. The van der Waals surface area contributed by atoms with Crippen LogP contribution in [0.1, 0.15) is 56.9 Å². The highest BCUT2D eigenvalue weighted by molar-refractivity contribution is 5.32. The van der Waals surface area contributed by atoms with Crippen molar-refractivity contribution in [2.24, 2.45) is 5.92 Å². The number of halogens is 2. The fourth-order valence-electron chi connectivity index (χ4n) is 3.01. The Morgan fingerprint density at radius 2 is 1.67 bits per heavy atom. The molecule has 0 aliphatic heterocycles. The van der Waals surface area contributed by atoms with Crippen LogP contribution in [0.15, 0.2) is 12.1 Å². The maximum absolute atomic E-state index is 13.3. The van der Waals surface area contributed by atoms with Gasteiger partial charge in [-0.1, -0.05) is 19.8 Å². The lowest BCUT2D eigenvalue weighted by Gasteiger charge is -2.28. The number of hydrogen-bond donors (Lipinski definition) is 1. The van der Waals surface area contributed by atoms with Crippen LogP contribution in [0.4, 0.5) is 8.78 Å². The normalized spacial score (nSPS) is 24.2. The lowest BCUT2D eigenvalue weighted by Crippen LogP contribution is -2.13. The fourth-order valence-corrected chi connectivity index (χ4v) is 3.01. The second kappa shape index (κ2) is 5.68. The maximum atomic E-state index is 13.3. The second-order valence-corrected chi connectivity index (χ2v) is 5.34. The highest BCUT2D eigenvalue weighted by Gasteiger charge is 2.23. The maximum Gasteiger partial charge on any atom is 0.187 e. The van der Waals surface area contributed by atoms with Crippen LogP contribution < -0.4 is 0 Å². The van der Waals surface area contributed by atoms with Gasteiger partial charge >= 0.3 is 0 Å². The third-order valence-corrected chi connectivity index (χ3v) is 4.05. The molecule has 2 rings (SSSR count). The van der Waals surface area contributed by atoms with Crippen LogP contribution in [0.5, 0.6) is 5.75 Å². The Balaban J connectivity index is 2.05. The lowest BCUT2D eigenvalue weighted by molar-refractivity contribution is 0.306. The van der Waals surface area contributed by atoms with E-state index in [9.17, 15) is 8.78 Å². The van der Waals surface area contributed by atoms with E-state index in [-0.39, 0.29) is 5.92 Å². The molecule has 3 heteroatoms. The Bertz CT molecular complexity index is 386. The summed E-state index contributed by atoms with van der Waals surface area (Å²) in [6.07, 6.45) is 6.73. The molecule has 0 atom stereocenters. The van der Waals surface area contributed by atoms with Gasteiger partial charge in [-0.3, -0.25) is 0 Å². The fraction of sp³-hybridized carbons (Fsp3) is 0.600. The molecule has 0 bridgehead atoms. The van der Waals surface area contributed by atoms with Crippen molar-refractivity contribution in [1.82, 2.24) is 0 Å². The standard InChI is InChI=1S/C15H20F2O/c1-2-3-10-4-6-11(7-5-10)12-8-13(16)15(18)14(17)9-12/h8-11,18H,2-7H2,1H3. The molecule has 1 fully saturated rings. The predicted octanol–water partition coefficient (Wildman–Crippen LogP) is 4.74. The molecule has 0 heterocycles. The van der Waals surface area contributed by atoms with Crippen molar-refractivity contribution in [3.8, 4) is 5.75 Å². The van der Waals surface area contributed by atoms with E-state index in [1.54, 1.807) is 0 Å². The van der Waals surface area contributed by atoms with Crippen molar-refractivity contribution >= 4 is 0 Å². The molecule has 1 aromatic rings. The van der Waals surface area contributed by atoms with Crippen molar-refractivity contribution in [2.45, 2.75) is 51.4 Å². The smallest absolute Gasteiger partial charge is 0.187 e. The zero-order chi connectivity index (χ0) is 13.1. The molecule has 1 aliphatic rings. The number of phenols is 1. The number of rotatable bonds is 3. The number of aromatic hydroxyl groups is 1. The molecule has 0 saturated heterocycles. The van der Waals surface area contributed by atoms with Crippen molar-refractivity contribution in [3.05, 3.63) is 29.3 Å². The summed E-state index contributed by atoms with van der Waals surface area (Å²) in [5.41, 5.74) is 0.692. The van der Waals surface area contributed by atoms with E-state index >= 15 is 0 Å². The lowest BCUT2D eigenvalue weighted by atomic mass is 9.77. The van der Waals surface area contributed by atoms with Gasteiger partial charge in [0.2, 0.25) is 0 Å². The molecule has 0 spiro atoms. The molecule has 1 aromatic carbocycles. The van der Waals surface area contributed by atoms with E-state index < -0.39 is 17.4 Å². The average molecular weight is 254 g/mol. The molecule has 100 valence electrons. The monoisotopic (exact) mass is 254 g/mol. The molecule has 0 unspecified atom stereocenters. The van der Waals surface area contributed by atoms with Crippen LogP contribution in [-0.4, -0.2) is 5.11 Å².